The van der Waals surface area contributed by atoms with E-state index in [1.807, 2.05) is 47.9 Å². The smallest absolute Gasteiger partial charge is 0.234 e. The van der Waals surface area contributed by atoms with E-state index >= 15 is 0 Å². The summed E-state index contributed by atoms with van der Waals surface area (Å²) < 4.78 is 16.4. The molecular formula is C25H22FN5OS2. The number of nitrogens with zero attached hydrogens (tertiary/aromatic N) is 5. The molecular weight excluding hydrogens is 469 g/mol. The molecule has 1 aliphatic rings. The second-order valence-corrected chi connectivity index (χ2v) is 9.92. The Kier molecular flexibility index (Phi) is 6.64. The first kappa shape index (κ1) is 22.6. The molecule has 0 saturated carbocycles. The number of hydrogen-bond acceptors (Lipinski definition) is 6. The lowest BCUT2D eigenvalue weighted by Gasteiger charge is -2.24. The van der Waals surface area contributed by atoms with Crippen LogP contribution in [0.2, 0.25) is 0 Å². The first-order valence-electron chi connectivity index (χ1n) is 10.8. The normalized spacial score (nSPS) is 15.6. The Bertz CT molecular complexity index is 1310. The summed E-state index contributed by atoms with van der Waals surface area (Å²) in [4.78, 5) is 19.2. The summed E-state index contributed by atoms with van der Waals surface area (Å²) in [5, 5.41) is 9.15. The van der Waals surface area contributed by atoms with Gasteiger partial charge in [-0.25, -0.2) is 4.39 Å². The third-order valence-corrected chi connectivity index (χ3v) is 7.77. The zero-order valence-electron chi connectivity index (χ0n) is 18.5. The van der Waals surface area contributed by atoms with Crippen LogP contribution < -0.4 is 0 Å². The highest BCUT2D eigenvalue weighted by atomic mass is 32.2. The summed E-state index contributed by atoms with van der Waals surface area (Å²) in [7, 11) is 0. The van der Waals surface area contributed by atoms with Crippen molar-refractivity contribution in [3.05, 3.63) is 90.0 Å². The molecule has 1 aliphatic heterocycles. The number of carbonyl (C=O) groups is 1. The molecule has 2 aromatic carbocycles. The van der Waals surface area contributed by atoms with Gasteiger partial charge in [-0.3, -0.25) is 14.3 Å². The fraction of sp³-hybridized carbons (Fsp3) is 0.200. The molecule has 1 fully saturated rings. The van der Waals surface area contributed by atoms with Crippen LogP contribution in [0, 0.1) is 12.7 Å². The van der Waals surface area contributed by atoms with E-state index < -0.39 is 0 Å². The molecule has 0 bridgehead atoms. The highest BCUT2D eigenvalue weighted by molar-refractivity contribution is 8.00. The highest BCUT2D eigenvalue weighted by Gasteiger charge is 2.32. The van der Waals surface area contributed by atoms with Gasteiger partial charge in [-0.05, 0) is 36.8 Å². The number of halogens is 1. The van der Waals surface area contributed by atoms with Gasteiger partial charge in [-0.15, -0.1) is 22.0 Å². The quantitative estimate of drug-likeness (QED) is 0.348. The summed E-state index contributed by atoms with van der Waals surface area (Å²) in [6, 6.07) is 18.4. The third kappa shape index (κ3) is 4.45. The van der Waals surface area contributed by atoms with E-state index in [-0.39, 0.29) is 22.9 Å². The van der Waals surface area contributed by atoms with E-state index in [2.05, 4.69) is 15.2 Å². The second kappa shape index (κ2) is 9.99. The molecule has 1 atom stereocenters. The number of benzene rings is 2. The van der Waals surface area contributed by atoms with Gasteiger partial charge in [-0.1, -0.05) is 48.2 Å². The zero-order chi connectivity index (χ0) is 23.5. The summed E-state index contributed by atoms with van der Waals surface area (Å²) in [5.74, 6) is 1.29. The largest absolute Gasteiger partial charge is 0.325 e. The van der Waals surface area contributed by atoms with Crippen LogP contribution in [-0.4, -0.2) is 48.6 Å². The number of carbonyl (C=O) groups excluding carboxylic acids is 1. The van der Waals surface area contributed by atoms with Crippen LogP contribution in [0.3, 0.4) is 0 Å². The van der Waals surface area contributed by atoms with Crippen molar-refractivity contribution in [2.45, 2.75) is 17.5 Å². The van der Waals surface area contributed by atoms with E-state index in [9.17, 15) is 9.18 Å². The van der Waals surface area contributed by atoms with E-state index in [1.165, 1.54) is 17.8 Å². The van der Waals surface area contributed by atoms with E-state index in [0.29, 0.717) is 23.1 Å². The summed E-state index contributed by atoms with van der Waals surface area (Å²) in [5.41, 5.74) is 3.40. The molecule has 6 nitrogen and oxygen atoms in total. The van der Waals surface area contributed by atoms with Crippen LogP contribution in [0.5, 0.6) is 0 Å². The number of para-hydroxylation sites is 1. The summed E-state index contributed by atoms with van der Waals surface area (Å²) in [6.07, 6.45) is 3.46. The molecule has 0 aliphatic carbocycles. The lowest BCUT2D eigenvalue weighted by molar-refractivity contribution is -0.128. The van der Waals surface area contributed by atoms with E-state index in [0.717, 1.165) is 22.6 Å². The number of hydrogen-bond donors (Lipinski definition) is 0. The predicted octanol–water partition coefficient (Wildman–Crippen LogP) is 5.14. The van der Waals surface area contributed by atoms with Crippen LogP contribution >= 0.6 is 23.5 Å². The van der Waals surface area contributed by atoms with Crippen molar-refractivity contribution in [3.63, 3.8) is 0 Å². The number of rotatable bonds is 6. The second-order valence-electron chi connectivity index (χ2n) is 7.79. The fourth-order valence-electron chi connectivity index (χ4n) is 3.94. The Morgan fingerprint density at radius 3 is 2.74 bits per heavy atom. The molecule has 172 valence electrons. The number of pyridine rings is 1. The molecule has 4 aromatic rings. The van der Waals surface area contributed by atoms with Crippen molar-refractivity contribution in [1.82, 2.24) is 24.6 Å². The monoisotopic (exact) mass is 491 g/mol. The van der Waals surface area contributed by atoms with Crippen LogP contribution in [0.15, 0.2) is 78.2 Å². The summed E-state index contributed by atoms with van der Waals surface area (Å²) >= 11 is 2.92. The van der Waals surface area contributed by atoms with Crippen molar-refractivity contribution >= 4 is 29.4 Å². The maximum absolute atomic E-state index is 14.4. The van der Waals surface area contributed by atoms with Gasteiger partial charge in [0.25, 0.3) is 0 Å². The van der Waals surface area contributed by atoms with E-state index in [4.69, 9.17) is 0 Å². The van der Waals surface area contributed by atoms with Gasteiger partial charge in [0, 0.05) is 35.8 Å². The minimum atomic E-state index is -0.311. The van der Waals surface area contributed by atoms with Crippen LogP contribution in [-0.2, 0) is 4.79 Å². The molecule has 1 saturated heterocycles. The Morgan fingerprint density at radius 1 is 1.12 bits per heavy atom. The molecule has 34 heavy (non-hydrogen) atoms. The van der Waals surface area contributed by atoms with Gasteiger partial charge >= 0.3 is 0 Å². The highest BCUT2D eigenvalue weighted by Crippen LogP contribution is 2.39. The van der Waals surface area contributed by atoms with Gasteiger partial charge in [0.2, 0.25) is 5.91 Å². The maximum Gasteiger partial charge on any atom is 0.234 e. The fourth-order valence-corrected chi connectivity index (χ4v) is 6.07. The molecule has 0 N–H and O–H groups in total. The Labute approximate surface area is 205 Å². The van der Waals surface area contributed by atoms with Gasteiger partial charge < -0.3 is 4.90 Å². The number of amides is 1. The minimum absolute atomic E-state index is 0.0504. The maximum atomic E-state index is 14.4. The van der Waals surface area contributed by atoms with Crippen molar-refractivity contribution in [2.24, 2.45) is 0 Å². The van der Waals surface area contributed by atoms with Crippen molar-refractivity contribution in [3.8, 4) is 17.1 Å². The summed E-state index contributed by atoms with van der Waals surface area (Å²) in [6.45, 7) is 2.62. The SMILES string of the molecule is Cc1ccccc1-n1c(SCC(=O)N2CCS[C@H]2c2ccccc2F)nnc1-c1cccnc1. The Morgan fingerprint density at radius 2 is 1.94 bits per heavy atom. The van der Waals surface area contributed by atoms with Gasteiger partial charge in [0.1, 0.15) is 11.2 Å². The lowest BCUT2D eigenvalue weighted by atomic mass is 10.2. The lowest BCUT2D eigenvalue weighted by Crippen LogP contribution is -2.32. The first-order valence-corrected chi connectivity index (χ1v) is 12.9. The molecule has 0 spiro atoms. The van der Waals surface area contributed by atoms with Crippen LogP contribution in [0.25, 0.3) is 17.1 Å². The molecule has 2 aromatic heterocycles. The first-order chi connectivity index (χ1) is 16.6. The van der Waals surface area contributed by atoms with Crippen LogP contribution in [0.1, 0.15) is 16.5 Å². The van der Waals surface area contributed by atoms with Gasteiger partial charge in [0.15, 0.2) is 11.0 Å². The molecule has 1 amide bonds. The minimum Gasteiger partial charge on any atom is -0.325 e. The van der Waals surface area contributed by atoms with E-state index in [1.54, 1.807) is 47.3 Å². The number of aryl methyl sites for hydroxylation is 1. The molecule has 0 radical (unpaired) electrons. The van der Waals surface area contributed by atoms with Gasteiger partial charge in [-0.2, -0.15) is 0 Å². The Hall–Kier alpha value is -3.17. The molecule has 0 unspecified atom stereocenters. The van der Waals surface area contributed by atoms with Crippen LogP contribution in [0.4, 0.5) is 4.39 Å². The van der Waals surface area contributed by atoms with Crippen molar-refractivity contribution in [2.75, 3.05) is 18.1 Å². The number of thioether (sulfide) groups is 2. The zero-order valence-corrected chi connectivity index (χ0v) is 20.1. The molecule has 9 heteroatoms. The molecule has 5 rings (SSSR count). The third-order valence-electron chi connectivity index (χ3n) is 5.62. The van der Waals surface area contributed by atoms with Crippen molar-refractivity contribution in [1.29, 1.82) is 0 Å². The molecule has 3 heterocycles. The topological polar surface area (TPSA) is 63.9 Å². The van der Waals surface area contributed by atoms with Crippen molar-refractivity contribution < 1.29 is 9.18 Å². The average molecular weight is 492 g/mol. The average Bonchev–Trinajstić information content (AvgIpc) is 3.51. The Balaban J connectivity index is 1.42. The standard InChI is InChI=1S/C25H22FN5OS2/c1-17-7-2-5-11-21(17)31-23(18-8-6-12-27-15-18)28-29-25(31)34-16-22(32)30-13-14-33-24(30)19-9-3-4-10-20(19)26/h2-12,15,24H,13-14,16H2,1H3/t24-/m0/s1. The van der Waals surface area contributed by atoms with Gasteiger partial charge in [0.05, 0.1) is 11.4 Å². The predicted molar refractivity (Wildman–Crippen MR) is 133 cm³/mol. The number of aromatic nitrogens is 4.